The van der Waals surface area contributed by atoms with Crippen molar-refractivity contribution < 1.29 is 32.5 Å². The van der Waals surface area contributed by atoms with Gasteiger partial charge in [0.2, 0.25) is 5.75 Å². The lowest BCUT2D eigenvalue weighted by Crippen LogP contribution is -2.36. The van der Waals surface area contributed by atoms with Crippen LogP contribution in [-0.2, 0) is 6.61 Å². The number of halogens is 2. The van der Waals surface area contributed by atoms with E-state index in [0.29, 0.717) is 23.9 Å². The van der Waals surface area contributed by atoms with E-state index in [0.717, 1.165) is 17.7 Å². The standard InChI is InChI=1S/C25H25F2NO5/c1-16(14-32-21-10-9-19(26)13-20(21)27)28-25(29)18-11-22(30-2)24(23(12-18)31-3)33-15-17-7-5-4-6-8-17/h4-13,16H,14-15H2,1-3H3,(H,28,29). The van der Waals surface area contributed by atoms with Gasteiger partial charge in [0.15, 0.2) is 23.1 Å². The van der Waals surface area contributed by atoms with Crippen molar-refractivity contribution in [2.24, 2.45) is 0 Å². The number of nitrogens with one attached hydrogen (secondary N) is 1. The number of amides is 1. The highest BCUT2D eigenvalue weighted by Gasteiger charge is 2.19. The van der Waals surface area contributed by atoms with Crippen LogP contribution in [0, 0.1) is 11.6 Å². The zero-order valence-electron chi connectivity index (χ0n) is 18.6. The molecule has 3 aromatic carbocycles. The quantitative estimate of drug-likeness (QED) is 0.476. The van der Waals surface area contributed by atoms with E-state index in [-0.39, 0.29) is 17.9 Å². The van der Waals surface area contributed by atoms with E-state index in [4.69, 9.17) is 18.9 Å². The Morgan fingerprint density at radius 2 is 1.58 bits per heavy atom. The minimum absolute atomic E-state index is 0.0131. The van der Waals surface area contributed by atoms with Crippen molar-refractivity contribution in [2.45, 2.75) is 19.6 Å². The monoisotopic (exact) mass is 457 g/mol. The van der Waals surface area contributed by atoms with Crippen molar-refractivity contribution in [1.29, 1.82) is 0 Å². The van der Waals surface area contributed by atoms with Gasteiger partial charge in [-0.3, -0.25) is 4.79 Å². The lowest BCUT2D eigenvalue weighted by Gasteiger charge is -2.18. The second-order valence-corrected chi connectivity index (χ2v) is 7.24. The highest BCUT2D eigenvalue weighted by molar-refractivity contribution is 5.95. The Morgan fingerprint density at radius 3 is 2.18 bits per heavy atom. The van der Waals surface area contributed by atoms with Crippen molar-refractivity contribution in [2.75, 3.05) is 20.8 Å². The molecule has 0 fully saturated rings. The lowest BCUT2D eigenvalue weighted by atomic mass is 10.1. The summed E-state index contributed by atoms with van der Waals surface area (Å²) in [7, 11) is 2.94. The normalized spacial score (nSPS) is 11.4. The first kappa shape index (κ1) is 23.8. The molecule has 6 nitrogen and oxygen atoms in total. The first-order valence-corrected chi connectivity index (χ1v) is 10.2. The van der Waals surface area contributed by atoms with E-state index in [1.54, 1.807) is 19.1 Å². The van der Waals surface area contributed by atoms with Crippen LogP contribution < -0.4 is 24.3 Å². The first-order valence-electron chi connectivity index (χ1n) is 10.2. The van der Waals surface area contributed by atoms with Crippen LogP contribution in [0.3, 0.4) is 0 Å². The van der Waals surface area contributed by atoms with Gasteiger partial charge in [0.1, 0.15) is 19.0 Å². The maximum Gasteiger partial charge on any atom is 0.251 e. The maximum atomic E-state index is 13.7. The smallest absolute Gasteiger partial charge is 0.251 e. The summed E-state index contributed by atoms with van der Waals surface area (Å²) in [5.74, 6) is -0.948. The van der Waals surface area contributed by atoms with Gasteiger partial charge < -0.3 is 24.3 Å². The van der Waals surface area contributed by atoms with Crippen LogP contribution in [0.1, 0.15) is 22.8 Å². The molecule has 0 aromatic heterocycles. The molecule has 33 heavy (non-hydrogen) atoms. The summed E-state index contributed by atoms with van der Waals surface area (Å²) in [4.78, 5) is 12.8. The van der Waals surface area contributed by atoms with Crippen molar-refractivity contribution in [3.8, 4) is 23.0 Å². The third-order valence-electron chi connectivity index (χ3n) is 4.71. The third kappa shape index (κ3) is 6.35. The molecule has 1 N–H and O–H groups in total. The highest BCUT2D eigenvalue weighted by Crippen LogP contribution is 2.39. The molecular formula is C25H25F2NO5. The molecule has 3 rings (SSSR count). The molecule has 1 atom stereocenters. The van der Waals surface area contributed by atoms with Crippen LogP contribution in [-0.4, -0.2) is 32.8 Å². The van der Waals surface area contributed by atoms with Crippen LogP contribution in [0.5, 0.6) is 23.0 Å². The Balaban J connectivity index is 1.67. The van der Waals surface area contributed by atoms with Gasteiger partial charge >= 0.3 is 0 Å². The second kappa shape index (κ2) is 11.2. The summed E-state index contributed by atoms with van der Waals surface area (Å²) in [6.07, 6.45) is 0. The highest BCUT2D eigenvalue weighted by atomic mass is 19.1. The molecule has 0 bridgehead atoms. The summed E-state index contributed by atoms with van der Waals surface area (Å²) in [6.45, 7) is 1.99. The third-order valence-corrected chi connectivity index (χ3v) is 4.71. The van der Waals surface area contributed by atoms with Crippen LogP contribution in [0.25, 0.3) is 0 Å². The summed E-state index contributed by atoms with van der Waals surface area (Å²) < 4.78 is 48.8. The lowest BCUT2D eigenvalue weighted by molar-refractivity contribution is 0.0925. The molecule has 0 saturated carbocycles. The van der Waals surface area contributed by atoms with Crippen molar-refractivity contribution >= 4 is 5.91 Å². The molecule has 0 aliphatic heterocycles. The number of rotatable bonds is 10. The van der Waals surface area contributed by atoms with E-state index in [1.807, 2.05) is 30.3 Å². The number of carbonyl (C=O) groups is 1. The molecule has 0 aliphatic carbocycles. The van der Waals surface area contributed by atoms with Gasteiger partial charge in [-0.15, -0.1) is 0 Å². The Kier molecular flexibility index (Phi) is 8.07. The number of methoxy groups -OCH3 is 2. The average Bonchev–Trinajstić information content (AvgIpc) is 2.82. The number of ether oxygens (including phenoxy) is 4. The van der Waals surface area contributed by atoms with Crippen LogP contribution >= 0.6 is 0 Å². The van der Waals surface area contributed by atoms with E-state index >= 15 is 0 Å². The zero-order valence-corrected chi connectivity index (χ0v) is 18.6. The van der Waals surface area contributed by atoms with Gasteiger partial charge in [-0.2, -0.15) is 0 Å². The number of benzene rings is 3. The number of hydrogen-bond donors (Lipinski definition) is 1. The molecule has 0 radical (unpaired) electrons. The molecule has 0 saturated heterocycles. The Morgan fingerprint density at radius 1 is 0.909 bits per heavy atom. The van der Waals surface area contributed by atoms with Gasteiger partial charge in [-0.05, 0) is 36.8 Å². The first-order chi connectivity index (χ1) is 15.9. The molecule has 0 spiro atoms. The topological polar surface area (TPSA) is 66.0 Å². The van der Waals surface area contributed by atoms with Crippen molar-refractivity contribution in [3.63, 3.8) is 0 Å². The largest absolute Gasteiger partial charge is 0.493 e. The molecule has 1 amide bonds. The minimum atomic E-state index is -0.811. The fraction of sp³-hybridized carbons (Fsp3) is 0.240. The van der Waals surface area contributed by atoms with Gasteiger partial charge in [0.25, 0.3) is 5.91 Å². The maximum absolute atomic E-state index is 13.7. The van der Waals surface area contributed by atoms with Crippen molar-refractivity contribution in [1.82, 2.24) is 5.32 Å². The summed E-state index contributed by atoms with van der Waals surface area (Å²) in [5.41, 5.74) is 1.26. The van der Waals surface area contributed by atoms with E-state index in [1.165, 1.54) is 20.3 Å². The Bertz CT molecular complexity index is 1070. The van der Waals surface area contributed by atoms with Crippen LogP contribution in [0.4, 0.5) is 8.78 Å². The average molecular weight is 457 g/mol. The molecule has 1 unspecified atom stereocenters. The molecule has 8 heteroatoms. The predicted octanol–water partition coefficient (Wildman–Crippen LogP) is 4.76. The van der Waals surface area contributed by atoms with Gasteiger partial charge in [-0.1, -0.05) is 30.3 Å². The van der Waals surface area contributed by atoms with E-state index in [2.05, 4.69) is 5.32 Å². The molecule has 3 aromatic rings. The number of hydrogen-bond acceptors (Lipinski definition) is 5. The molecule has 0 heterocycles. The van der Waals surface area contributed by atoms with Gasteiger partial charge in [-0.25, -0.2) is 8.78 Å². The molecule has 0 aliphatic rings. The molecule has 174 valence electrons. The fourth-order valence-electron chi connectivity index (χ4n) is 3.04. The summed E-state index contributed by atoms with van der Waals surface area (Å²) in [5, 5.41) is 2.76. The minimum Gasteiger partial charge on any atom is -0.493 e. The Hall–Kier alpha value is -3.81. The van der Waals surface area contributed by atoms with E-state index in [9.17, 15) is 13.6 Å². The predicted molar refractivity (Wildman–Crippen MR) is 119 cm³/mol. The van der Waals surface area contributed by atoms with Crippen LogP contribution in [0.2, 0.25) is 0 Å². The number of carbonyl (C=O) groups excluding carboxylic acids is 1. The van der Waals surface area contributed by atoms with E-state index < -0.39 is 23.6 Å². The SMILES string of the molecule is COc1cc(C(=O)NC(C)COc2ccc(F)cc2F)cc(OC)c1OCc1ccccc1. The Labute approximate surface area is 191 Å². The zero-order chi connectivity index (χ0) is 23.8. The second-order valence-electron chi connectivity index (χ2n) is 7.24. The van der Waals surface area contributed by atoms with Gasteiger partial charge in [0, 0.05) is 11.6 Å². The summed E-state index contributed by atoms with van der Waals surface area (Å²) in [6, 6.07) is 15.3. The fourth-order valence-corrected chi connectivity index (χ4v) is 3.04. The van der Waals surface area contributed by atoms with Crippen LogP contribution in [0.15, 0.2) is 60.7 Å². The summed E-state index contributed by atoms with van der Waals surface area (Å²) >= 11 is 0. The van der Waals surface area contributed by atoms with Gasteiger partial charge in [0.05, 0.1) is 20.3 Å². The molecular weight excluding hydrogens is 432 g/mol. The van der Waals surface area contributed by atoms with Crippen molar-refractivity contribution in [3.05, 3.63) is 83.4 Å².